The number of H-pyrrole nitrogens is 1. The number of nitriles is 1. The lowest BCUT2D eigenvalue weighted by molar-refractivity contribution is 0.419. The number of thiophene rings is 1. The van der Waals surface area contributed by atoms with Crippen molar-refractivity contribution in [1.29, 1.82) is 5.26 Å². The molecule has 0 saturated carbocycles. The smallest absolute Gasteiger partial charge is 0.146 e. The van der Waals surface area contributed by atoms with Gasteiger partial charge in [-0.25, -0.2) is 4.98 Å². The molecule has 0 amide bonds. The van der Waals surface area contributed by atoms with E-state index in [9.17, 15) is 0 Å². The molecule has 0 spiro atoms. The summed E-state index contributed by atoms with van der Waals surface area (Å²) in [5.74, 6) is 1.50. The third kappa shape index (κ3) is 1.63. The van der Waals surface area contributed by atoms with Crippen molar-refractivity contribution >= 4 is 22.4 Å². The molecule has 4 nitrogen and oxygen atoms in total. The summed E-state index contributed by atoms with van der Waals surface area (Å²) in [7, 11) is 1.63. The molecule has 1 N–H and O–H groups in total. The quantitative estimate of drug-likeness (QED) is 0.765. The number of rotatable bonds is 2. The molecule has 1 aromatic carbocycles. The lowest BCUT2D eigenvalue weighted by Gasteiger charge is -1.97. The maximum Gasteiger partial charge on any atom is 0.146 e. The lowest BCUT2D eigenvalue weighted by Crippen LogP contribution is -1.83. The zero-order chi connectivity index (χ0) is 12.5. The Labute approximate surface area is 107 Å². The summed E-state index contributed by atoms with van der Waals surface area (Å²) >= 11 is 1.41. The van der Waals surface area contributed by atoms with Crippen molar-refractivity contribution in [3.05, 3.63) is 34.5 Å². The maximum atomic E-state index is 8.83. The SMILES string of the molecule is COc1cccc2[nH]c(-c3csc(C#N)c3)nc12. The minimum Gasteiger partial charge on any atom is -0.494 e. The Morgan fingerprint density at radius 2 is 2.33 bits per heavy atom. The van der Waals surface area contributed by atoms with Crippen LogP contribution >= 0.6 is 11.3 Å². The van der Waals surface area contributed by atoms with Crippen LogP contribution in [0, 0.1) is 11.3 Å². The van der Waals surface area contributed by atoms with Crippen molar-refractivity contribution in [2.75, 3.05) is 7.11 Å². The number of nitrogens with zero attached hydrogens (tertiary/aromatic N) is 2. The van der Waals surface area contributed by atoms with E-state index in [1.165, 1.54) is 11.3 Å². The first-order chi connectivity index (χ1) is 8.81. The summed E-state index contributed by atoms with van der Waals surface area (Å²) < 4.78 is 5.27. The van der Waals surface area contributed by atoms with E-state index in [4.69, 9.17) is 10.00 Å². The van der Waals surface area contributed by atoms with E-state index >= 15 is 0 Å². The van der Waals surface area contributed by atoms with E-state index in [2.05, 4.69) is 16.0 Å². The Bertz CT molecular complexity index is 751. The van der Waals surface area contributed by atoms with Crippen LogP contribution < -0.4 is 4.74 Å². The monoisotopic (exact) mass is 255 g/mol. The van der Waals surface area contributed by atoms with Crippen LogP contribution in [0.1, 0.15) is 4.88 Å². The number of hydrogen-bond acceptors (Lipinski definition) is 4. The molecule has 0 unspecified atom stereocenters. The highest BCUT2D eigenvalue weighted by molar-refractivity contribution is 7.10. The van der Waals surface area contributed by atoms with E-state index in [-0.39, 0.29) is 0 Å². The Kier molecular flexibility index (Phi) is 2.50. The Hall–Kier alpha value is -2.32. The van der Waals surface area contributed by atoms with Gasteiger partial charge in [0.25, 0.3) is 0 Å². The second kappa shape index (κ2) is 4.17. The number of methoxy groups -OCH3 is 1. The van der Waals surface area contributed by atoms with Gasteiger partial charge in [-0.15, -0.1) is 11.3 Å². The molecular formula is C13H9N3OS. The molecule has 0 atom stereocenters. The minimum absolute atomic E-state index is 0.678. The zero-order valence-corrected chi connectivity index (χ0v) is 10.4. The molecule has 0 radical (unpaired) electrons. The molecular weight excluding hydrogens is 246 g/mol. The first-order valence-electron chi connectivity index (χ1n) is 5.33. The van der Waals surface area contributed by atoms with Crippen LogP contribution in [0.15, 0.2) is 29.6 Å². The molecule has 3 aromatic rings. The Balaban J connectivity index is 2.16. The summed E-state index contributed by atoms with van der Waals surface area (Å²) in [4.78, 5) is 8.43. The highest BCUT2D eigenvalue weighted by Gasteiger charge is 2.10. The van der Waals surface area contributed by atoms with E-state index in [0.717, 1.165) is 28.2 Å². The van der Waals surface area contributed by atoms with Crippen molar-refractivity contribution in [3.8, 4) is 23.2 Å². The fraction of sp³-hybridized carbons (Fsp3) is 0.0769. The highest BCUT2D eigenvalue weighted by Crippen LogP contribution is 2.29. The normalized spacial score (nSPS) is 10.4. The average Bonchev–Trinajstić information content (AvgIpc) is 3.03. The minimum atomic E-state index is 0.678. The molecule has 0 aliphatic heterocycles. The van der Waals surface area contributed by atoms with Crippen LogP contribution in [0.4, 0.5) is 0 Å². The van der Waals surface area contributed by atoms with Gasteiger partial charge >= 0.3 is 0 Å². The summed E-state index contributed by atoms with van der Waals surface area (Å²) in [5.41, 5.74) is 2.66. The first-order valence-corrected chi connectivity index (χ1v) is 6.21. The molecule has 0 fully saturated rings. The second-order valence-corrected chi connectivity index (χ2v) is 4.66. The predicted molar refractivity (Wildman–Crippen MR) is 70.7 cm³/mol. The number of hydrogen-bond donors (Lipinski definition) is 1. The summed E-state index contributed by atoms with van der Waals surface area (Å²) in [5, 5.41) is 10.7. The molecule has 0 bridgehead atoms. The molecule has 2 aromatic heterocycles. The number of imidazole rings is 1. The van der Waals surface area contributed by atoms with Crippen molar-refractivity contribution < 1.29 is 4.74 Å². The van der Waals surface area contributed by atoms with Gasteiger partial charge in [0.05, 0.1) is 12.6 Å². The van der Waals surface area contributed by atoms with Gasteiger partial charge in [-0.05, 0) is 18.2 Å². The van der Waals surface area contributed by atoms with Gasteiger partial charge in [0, 0.05) is 10.9 Å². The van der Waals surface area contributed by atoms with Gasteiger partial charge < -0.3 is 9.72 Å². The van der Waals surface area contributed by atoms with E-state index in [1.807, 2.05) is 29.6 Å². The van der Waals surface area contributed by atoms with Crippen molar-refractivity contribution in [1.82, 2.24) is 9.97 Å². The van der Waals surface area contributed by atoms with Crippen LogP contribution in [-0.4, -0.2) is 17.1 Å². The Morgan fingerprint density at radius 3 is 3.06 bits per heavy atom. The number of nitrogens with one attached hydrogen (secondary N) is 1. The maximum absolute atomic E-state index is 8.83. The zero-order valence-electron chi connectivity index (χ0n) is 9.60. The molecule has 2 heterocycles. The second-order valence-electron chi connectivity index (χ2n) is 3.75. The van der Waals surface area contributed by atoms with Gasteiger partial charge in [-0.3, -0.25) is 0 Å². The fourth-order valence-electron chi connectivity index (χ4n) is 1.83. The summed E-state index contributed by atoms with van der Waals surface area (Å²) in [6, 6.07) is 9.69. The molecule has 5 heteroatoms. The van der Waals surface area contributed by atoms with E-state index in [0.29, 0.717) is 4.88 Å². The average molecular weight is 255 g/mol. The number of aromatic amines is 1. The Morgan fingerprint density at radius 1 is 1.44 bits per heavy atom. The van der Waals surface area contributed by atoms with E-state index < -0.39 is 0 Å². The van der Waals surface area contributed by atoms with Crippen molar-refractivity contribution in [3.63, 3.8) is 0 Å². The predicted octanol–water partition coefficient (Wildman–Crippen LogP) is 3.17. The number of ether oxygens (including phenoxy) is 1. The van der Waals surface area contributed by atoms with Crippen molar-refractivity contribution in [2.45, 2.75) is 0 Å². The summed E-state index contributed by atoms with van der Waals surface area (Å²) in [6.45, 7) is 0. The standard InChI is InChI=1S/C13H9N3OS/c1-17-11-4-2-3-10-12(11)16-13(15-10)8-5-9(6-14)18-7-8/h2-5,7H,1H3,(H,15,16). The van der Waals surface area contributed by atoms with Crippen LogP contribution in [-0.2, 0) is 0 Å². The van der Waals surface area contributed by atoms with Gasteiger partial charge in [0.1, 0.15) is 28.0 Å². The number of fused-ring (bicyclic) bond motifs is 1. The molecule has 0 aliphatic rings. The molecule has 0 saturated heterocycles. The van der Waals surface area contributed by atoms with E-state index in [1.54, 1.807) is 7.11 Å². The fourth-order valence-corrected chi connectivity index (χ4v) is 2.51. The topological polar surface area (TPSA) is 61.7 Å². The van der Waals surface area contributed by atoms with Gasteiger partial charge in [0.2, 0.25) is 0 Å². The summed E-state index contributed by atoms with van der Waals surface area (Å²) in [6.07, 6.45) is 0. The third-order valence-corrected chi connectivity index (χ3v) is 3.51. The number of para-hydroxylation sites is 1. The molecule has 88 valence electrons. The first kappa shape index (κ1) is 10.8. The van der Waals surface area contributed by atoms with Crippen LogP contribution in [0.2, 0.25) is 0 Å². The molecule has 18 heavy (non-hydrogen) atoms. The van der Waals surface area contributed by atoms with Gasteiger partial charge in [-0.2, -0.15) is 5.26 Å². The molecule has 3 rings (SSSR count). The number of aromatic nitrogens is 2. The largest absolute Gasteiger partial charge is 0.494 e. The molecule has 0 aliphatic carbocycles. The van der Waals surface area contributed by atoms with Crippen LogP contribution in [0.3, 0.4) is 0 Å². The lowest BCUT2D eigenvalue weighted by atomic mass is 10.3. The van der Waals surface area contributed by atoms with Gasteiger partial charge in [0.15, 0.2) is 0 Å². The van der Waals surface area contributed by atoms with Crippen LogP contribution in [0.25, 0.3) is 22.4 Å². The third-order valence-electron chi connectivity index (χ3n) is 2.68. The number of benzene rings is 1. The van der Waals surface area contributed by atoms with Gasteiger partial charge in [-0.1, -0.05) is 6.07 Å². The van der Waals surface area contributed by atoms with Crippen LogP contribution in [0.5, 0.6) is 5.75 Å². The van der Waals surface area contributed by atoms with Crippen molar-refractivity contribution in [2.24, 2.45) is 0 Å². The highest BCUT2D eigenvalue weighted by atomic mass is 32.1.